The van der Waals surface area contributed by atoms with Crippen LogP contribution in [-0.4, -0.2) is 24.7 Å². The average molecular weight is 418 g/mol. The number of hydrogen-bond donors (Lipinski definition) is 1. The van der Waals surface area contributed by atoms with Gasteiger partial charge in [0.2, 0.25) is 10.0 Å². The first-order chi connectivity index (χ1) is 11.0. The molecule has 0 amide bonds. The molecular formula is C14H16BrN3O3S2. The Hall–Kier alpha value is -1.03. The molecular weight excluding hydrogens is 402 g/mol. The van der Waals surface area contributed by atoms with Crippen molar-refractivity contribution in [3.05, 3.63) is 43.6 Å². The molecule has 124 valence electrons. The summed E-state index contributed by atoms with van der Waals surface area (Å²) in [4.78, 5) is 12.0. The molecule has 0 aliphatic heterocycles. The summed E-state index contributed by atoms with van der Waals surface area (Å²) in [6, 6.07) is 4.86. The molecule has 0 unspecified atom stereocenters. The highest BCUT2D eigenvalue weighted by atomic mass is 79.9. The van der Waals surface area contributed by atoms with Crippen LogP contribution < -0.4 is 10.3 Å². The van der Waals surface area contributed by atoms with E-state index in [0.29, 0.717) is 0 Å². The quantitative estimate of drug-likeness (QED) is 0.805. The Morgan fingerprint density at radius 3 is 2.83 bits per heavy atom. The van der Waals surface area contributed by atoms with E-state index >= 15 is 0 Å². The second-order valence-electron chi connectivity index (χ2n) is 5.34. The molecule has 6 nitrogen and oxygen atoms in total. The number of rotatable bonds is 5. The molecule has 9 heteroatoms. The van der Waals surface area contributed by atoms with Crippen LogP contribution in [0.1, 0.15) is 24.1 Å². The monoisotopic (exact) mass is 417 g/mol. The molecule has 0 saturated carbocycles. The summed E-state index contributed by atoms with van der Waals surface area (Å²) in [6.07, 6.45) is 3.95. The van der Waals surface area contributed by atoms with Crippen molar-refractivity contribution in [2.24, 2.45) is 0 Å². The minimum absolute atomic E-state index is 0.129. The minimum atomic E-state index is -3.54. The van der Waals surface area contributed by atoms with Crippen molar-refractivity contribution in [2.45, 2.75) is 36.4 Å². The van der Waals surface area contributed by atoms with E-state index in [-0.39, 0.29) is 22.9 Å². The summed E-state index contributed by atoms with van der Waals surface area (Å²) in [6.45, 7) is 0.349. The molecule has 1 aliphatic carbocycles. The van der Waals surface area contributed by atoms with Crippen LogP contribution >= 0.6 is 27.3 Å². The number of hydrogen-bond acceptors (Lipinski definition) is 5. The molecule has 0 saturated heterocycles. The highest BCUT2D eigenvalue weighted by molar-refractivity contribution is 9.11. The van der Waals surface area contributed by atoms with E-state index < -0.39 is 10.0 Å². The molecule has 2 heterocycles. The molecule has 3 rings (SSSR count). The zero-order valence-electron chi connectivity index (χ0n) is 12.3. The smallest absolute Gasteiger partial charge is 0.267 e. The Morgan fingerprint density at radius 2 is 2.09 bits per heavy atom. The SMILES string of the molecule is O=c1cc2c(nn1CCNS(=O)(=O)c1ccc(Br)s1)CCCC2. The van der Waals surface area contributed by atoms with Gasteiger partial charge in [-0.05, 0) is 59.3 Å². The average Bonchev–Trinajstić information content (AvgIpc) is 2.95. The third kappa shape index (κ3) is 3.90. The van der Waals surface area contributed by atoms with Crippen LogP contribution in [-0.2, 0) is 29.4 Å². The maximum Gasteiger partial charge on any atom is 0.267 e. The van der Waals surface area contributed by atoms with Gasteiger partial charge in [-0.1, -0.05) is 0 Å². The van der Waals surface area contributed by atoms with Gasteiger partial charge in [-0.3, -0.25) is 4.79 Å². The Balaban J connectivity index is 1.68. The van der Waals surface area contributed by atoms with Gasteiger partial charge in [-0.2, -0.15) is 5.10 Å². The summed E-state index contributed by atoms with van der Waals surface area (Å²) in [5.74, 6) is 0. The highest BCUT2D eigenvalue weighted by Gasteiger charge is 2.17. The van der Waals surface area contributed by atoms with E-state index in [4.69, 9.17) is 0 Å². The van der Waals surface area contributed by atoms with Crippen LogP contribution in [0.15, 0.2) is 31.0 Å². The highest BCUT2D eigenvalue weighted by Crippen LogP contribution is 2.25. The van der Waals surface area contributed by atoms with Gasteiger partial charge in [0, 0.05) is 12.6 Å². The van der Waals surface area contributed by atoms with Gasteiger partial charge in [0.25, 0.3) is 5.56 Å². The summed E-state index contributed by atoms with van der Waals surface area (Å²) in [5.41, 5.74) is 1.81. The summed E-state index contributed by atoms with van der Waals surface area (Å²) in [7, 11) is -3.54. The van der Waals surface area contributed by atoms with Crippen molar-refractivity contribution in [1.82, 2.24) is 14.5 Å². The number of halogens is 1. The molecule has 0 bridgehead atoms. The molecule has 0 fully saturated rings. The number of aryl methyl sites for hydroxylation is 2. The molecule has 0 aromatic carbocycles. The van der Waals surface area contributed by atoms with E-state index in [1.807, 2.05) is 0 Å². The summed E-state index contributed by atoms with van der Waals surface area (Å²) >= 11 is 4.39. The number of aromatic nitrogens is 2. The van der Waals surface area contributed by atoms with Gasteiger partial charge in [0.1, 0.15) is 4.21 Å². The third-order valence-electron chi connectivity index (χ3n) is 3.70. The number of thiophene rings is 1. The number of fused-ring (bicyclic) bond motifs is 1. The first-order valence-corrected chi connectivity index (χ1v) is 10.4. The van der Waals surface area contributed by atoms with Gasteiger partial charge < -0.3 is 0 Å². The molecule has 0 spiro atoms. The molecule has 1 aliphatic rings. The molecule has 23 heavy (non-hydrogen) atoms. The molecule has 0 atom stereocenters. The fourth-order valence-corrected chi connectivity index (χ4v) is 5.64. The van der Waals surface area contributed by atoms with E-state index in [1.165, 1.54) is 4.68 Å². The van der Waals surface area contributed by atoms with E-state index in [9.17, 15) is 13.2 Å². The molecule has 2 aromatic heterocycles. The maximum absolute atomic E-state index is 12.1. The predicted molar refractivity (Wildman–Crippen MR) is 92.3 cm³/mol. The van der Waals surface area contributed by atoms with Gasteiger partial charge >= 0.3 is 0 Å². The fourth-order valence-electron chi connectivity index (χ4n) is 2.56. The lowest BCUT2D eigenvalue weighted by Gasteiger charge is -2.15. The molecule has 0 radical (unpaired) electrons. The van der Waals surface area contributed by atoms with E-state index in [1.54, 1.807) is 18.2 Å². The topological polar surface area (TPSA) is 81.1 Å². The molecule has 1 N–H and O–H groups in total. The number of sulfonamides is 1. The van der Waals surface area contributed by atoms with Gasteiger partial charge in [-0.15, -0.1) is 11.3 Å². The van der Waals surface area contributed by atoms with E-state index in [2.05, 4.69) is 25.8 Å². The Kier molecular flexibility index (Phi) is 5.00. The lowest BCUT2D eigenvalue weighted by Crippen LogP contribution is -2.33. The first-order valence-electron chi connectivity index (χ1n) is 7.31. The van der Waals surface area contributed by atoms with Crippen molar-refractivity contribution in [1.29, 1.82) is 0 Å². The summed E-state index contributed by atoms with van der Waals surface area (Å²) in [5, 5.41) is 4.37. The van der Waals surface area contributed by atoms with Gasteiger partial charge in [0.05, 0.1) is 16.0 Å². The van der Waals surface area contributed by atoms with Crippen molar-refractivity contribution in [3.63, 3.8) is 0 Å². The largest absolute Gasteiger partial charge is 0.268 e. The normalized spacial score (nSPS) is 14.7. The number of nitrogens with zero attached hydrogens (tertiary/aromatic N) is 2. The van der Waals surface area contributed by atoms with Crippen LogP contribution in [0, 0.1) is 0 Å². The van der Waals surface area contributed by atoms with Crippen molar-refractivity contribution >= 4 is 37.3 Å². The van der Waals surface area contributed by atoms with Crippen molar-refractivity contribution in [3.8, 4) is 0 Å². The zero-order valence-corrected chi connectivity index (χ0v) is 15.5. The number of nitrogens with one attached hydrogen (secondary N) is 1. The van der Waals surface area contributed by atoms with Gasteiger partial charge in [0.15, 0.2) is 0 Å². The lowest BCUT2D eigenvalue weighted by atomic mass is 9.97. The zero-order chi connectivity index (χ0) is 16.4. The fraction of sp³-hybridized carbons (Fsp3) is 0.429. The predicted octanol–water partition coefficient (Wildman–Crippen LogP) is 1.92. The Bertz CT molecular complexity index is 874. The van der Waals surface area contributed by atoms with Crippen LogP contribution in [0.3, 0.4) is 0 Å². The third-order valence-corrected chi connectivity index (χ3v) is 7.28. The second-order valence-corrected chi connectivity index (χ2v) is 9.80. The van der Waals surface area contributed by atoms with Crippen molar-refractivity contribution < 1.29 is 8.42 Å². The van der Waals surface area contributed by atoms with E-state index in [0.717, 1.165) is 52.1 Å². The molecule has 2 aromatic rings. The summed E-state index contributed by atoms with van der Waals surface area (Å²) < 4.78 is 29.1. The van der Waals surface area contributed by atoms with Crippen LogP contribution in [0.2, 0.25) is 0 Å². The maximum atomic E-state index is 12.1. The lowest BCUT2D eigenvalue weighted by molar-refractivity contribution is 0.527. The van der Waals surface area contributed by atoms with Crippen molar-refractivity contribution in [2.75, 3.05) is 6.54 Å². The second kappa shape index (κ2) is 6.84. The van der Waals surface area contributed by atoms with Gasteiger partial charge in [-0.25, -0.2) is 17.8 Å². The van der Waals surface area contributed by atoms with Crippen LogP contribution in [0.5, 0.6) is 0 Å². The Labute approximate surface area is 146 Å². The first kappa shape index (κ1) is 16.8. The standard InChI is InChI=1S/C14H16BrN3O3S2/c15-12-5-6-14(22-12)23(20,21)16-7-8-18-13(19)9-10-3-1-2-4-11(10)17-18/h5-6,9,16H,1-4,7-8H2. The van der Waals surface area contributed by atoms with Crippen LogP contribution in [0.25, 0.3) is 0 Å². The minimum Gasteiger partial charge on any atom is -0.268 e. The van der Waals surface area contributed by atoms with Crippen LogP contribution in [0.4, 0.5) is 0 Å². The Morgan fingerprint density at radius 1 is 1.30 bits per heavy atom.